The Labute approximate surface area is 199 Å². The highest BCUT2D eigenvalue weighted by Gasteiger charge is 2.26. The first kappa shape index (κ1) is 23.6. The summed E-state index contributed by atoms with van der Waals surface area (Å²) in [7, 11) is 0. The van der Waals surface area contributed by atoms with Crippen molar-refractivity contribution < 1.29 is 9.53 Å². The van der Waals surface area contributed by atoms with Gasteiger partial charge < -0.3 is 15.0 Å². The fraction of sp³-hybridized carbons (Fsp3) is 0.583. The Morgan fingerprint density at radius 1 is 1.21 bits per heavy atom. The number of hydrogen-bond donors (Lipinski definition) is 1. The van der Waals surface area contributed by atoms with E-state index in [4.69, 9.17) is 15.0 Å². The van der Waals surface area contributed by atoms with E-state index in [-0.39, 0.29) is 12.0 Å². The average Bonchev–Trinajstić information content (AvgIpc) is 3.32. The third kappa shape index (κ3) is 6.28. The standard InChI is InChI=1S/C24H32N6O2S/c1-2-16-32-19-8-13-30(14-9-19)23(31)21-17-33-24(27-21)28-22-5-3-4-20(26-22)18-6-11-29(12-7-18)15-10-25/h3-5,17-19H,2,6-9,11-16H2,1H3,(H,26,27,28). The number of ether oxygens (including phenoxy) is 1. The summed E-state index contributed by atoms with van der Waals surface area (Å²) < 4.78 is 5.82. The number of carbonyl (C=O) groups is 1. The van der Waals surface area contributed by atoms with Gasteiger partial charge in [-0.25, -0.2) is 9.97 Å². The van der Waals surface area contributed by atoms with E-state index in [9.17, 15) is 4.79 Å². The fourth-order valence-corrected chi connectivity index (χ4v) is 5.14. The maximum atomic E-state index is 12.9. The van der Waals surface area contributed by atoms with E-state index >= 15 is 0 Å². The Hall–Kier alpha value is -2.54. The number of amides is 1. The van der Waals surface area contributed by atoms with Crippen molar-refractivity contribution in [2.45, 2.75) is 51.0 Å². The zero-order valence-electron chi connectivity index (χ0n) is 19.2. The molecule has 9 heteroatoms. The Bertz CT molecular complexity index is 958. The number of thiazole rings is 1. The highest BCUT2D eigenvalue weighted by atomic mass is 32.1. The Kier molecular flexibility index (Phi) is 8.26. The van der Waals surface area contributed by atoms with Gasteiger partial charge in [-0.05, 0) is 57.3 Å². The third-order valence-corrected chi connectivity index (χ3v) is 7.07. The van der Waals surface area contributed by atoms with Gasteiger partial charge in [0, 0.05) is 36.7 Å². The van der Waals surface area contributed by atoms with Crippen molar-refractivity contribution in [3.8, 4) is 6.07 Å². The molecule has 0 aromatic carbocycles. The van der Waals surface area contributed by atoms with Gasteiger partial charge in [-0.3, -0.25) is 9.69 Å². The Balaban J connectivity index is 1.31. The molecule has 2 saturated heterocycles. The monoisotopic (exact) mass is 468 g/mol. The molecule has 0 atom stereocenters. The maximum Gasteiger partial charge on any atom is 0.273 e. The van der Waals surface area contributed by atoms with E-state index in [1.807, 2.05) is 22.4 Å². The van der Waals surface area contributed by atoms with E-state index < -0.39 is 0 Å². The number of nitrogens with zero attached hydrogens (tertiary/aromatic N) is 5. The lowest BCUT2D eigenvalue weighted by Crippen LogP contribution is -2.41. The predicted molar refractivity (Wildman–Crippen MR) is 129 cm³/mol. The van der Waals surface area contributed by atoms with Crippen molar-refractivity contribution in [1.29, 1.82) is 5.26 Å². The summed E-state index contributed by atoms with van der Waals surface area (Å²) in [5.74, 6) is 1.13. The van der Waals surface area contributed by atoms with Gasteiger partial charge in [0.25, 0.3) is 5.91 Å². The van der Waals surface area contributed by atoms with Crippen molar-refractivity contribution in [3.63, 3.8) is 0 Å². The van der Waals surface area contributed by atoms with Crippen LogP contribution in [0.3, 0.4) is 0 Å². The molecule has 0 spiro atoms. The summed E-state index contributed by atoms with van der Waals surface area (Å²) in [5, 5.41) is 14.6. The highest BCUT2D eigenvalue weighted by molar-refractivity contribution is 7.14. The van der Waals surface area contributed by atoms with Crippen LogP contribution in [0.25, 0.3) is 0 Å². The summed E-state index contributed by atoms with van der Waals surface area (Å²) >= 11 is 1.42. The first-order valence-corrected chi connectivity index (χ1v) is 12.7. The van der Waals surface area contributed by atoms with Crippen LogP contribution in [-0.4, -0.2) is 71.1 Å². The first-order valence-electron chi connectivity index (χ1n) is 11.9. The van der Waals surface area contributed by atoms with E-state index in [1.165, 1.54) is 11.3 Å². The molecule has 4 rings (SSSR count). The molecule has 0 radical (unpaired) electrons. The first-order chi connectivity index (χ1) is 16.2. The second kappa shape index (κ2) is 11.5. The SMILES string of the molecule is CCCOC1CCN(C(=O)c2csc(Nc3cccc(C4CCN(CC#N)CC4)n3)n2)CC1. The lowest BCUT2D eigenvalue weighted by molar-refractivity contribution is 0.00887. The van der Waals surface area contributed by atoms with Crippen LogP contribution in [0, 0.1) is 11.3 Å². The molecule has 0 aliphatic carbocycles. The summed E-state index contributed by atoms with van der Waals surface area (Å²) in [4.78, 5) is 26.3. The van der Waals surface area contributed by atoms with Crippen LogP contribution >= 0.6 is 11.3 Å². The number of nitrogens with one attached hydrogen (secondary N) is 1. The van der Waals surface area contributed by atoms with Crippen LogP contribution in [0.2, 0.25) is 0 Å². The number of hydrogen-bond acceptors (Lipinski definition) is 8. The number of carbonyl (C=O) groups excluding carboxylic acids is 1. The lowest BCUT2D eigenvalue weighted by Gasteiger charge is -2.31. The van der Waals surface area contributed by atoms with Crippen molar-refractivity contribution >= 4 is 28.2 Å². The minimum Gasteiger partial charge on any atom is -0.378 e. The quantitative estimate of drug-likeness (QED) is 0.585. The molecule has 0 bridgehead atoms. The lowest BCUT2D eigenvalue weighted by atomic mass is 9.93. The molecule has 33 heavy (non-hydrogen) atoms. The Morgan fingerprint density at radius 3 is 2.73 bits per heavy atom. The summed E-state index contributed by atoms with van der Waals surface area (Å²) in [6.45, 7) is 6.68. The number of nitriles is 1. The van der Waals surface area contributed by atoms with Crippen LogP contribution in [0.15, 0.2) is 23.6 Å². The van der Waals surface area contributed by atoms with Gasteiger partial charge >= 0.3 is 0 Å². The minimum absolute atomic E-state index is 0.0147. The molecule has 0 saturated carbocycles. The molecule has 4 heterocycles. The number of pyridine rings is 1. The number of likely N-dealkylation sites (tertiary alicyclic amines) is 2. The average molecular weight is 469 g/mol. The van der Waals surface area contributed by atoms with E-state index in [2.05, 4.69) is 34.3 Å². The van der Waals surface area contributed by atoms with Gasteiger partial charge in [0.2, 0.25) is 0 Å². The largest absolute Gasteiger partial charge is 0.378 e. The van der Waals surface area contributed by atoms with Crippen LogP contribution in [0.4, 0.5) is 10.9 Å². The van der Waals surface area contributed by atoms with Crippen molar-refractivity contribution in [2.75, 3.05) is 44.6 Å². The molecule has 2 fully saturated rings. The number of rotatable bonds is 8. The maximum absolute atomic E-state index is 12.9. The van der Waals surface area contributed by atoms with Crippen LogP contribution in [0.5, 0.6) is 0 Å². The molecule has 2 aliphatic rings. The number of anilines is 2. The molecular formula is C24H32N6O2S. The Morgan fingerprint density at radius 2 is 2.00 bits per heavy atom. The number of aromatic nitrogens is 2. The molecule has 0 unspecified atom stereocenters. The van der Waals surface area contributed by atoms with Gasteiger partial charge in [0.1, 0.15) is 11.5 Å². The normalized spacial score (nSPS) is 18.2. The molecule has 2 aromatic rings. The predicted octanol–water partition coefficient (Wildman–Crippen LogP) is 4.02. The van der Waals surface area contributed by atoms with Crippen LogP contribution in [0.1, 0.15) is 61.1 Å². The van der Waals surface area contributed by atoms with Gasteiger partial charge in [-0.2, -0.15) is 5.26 Å². The topological polar surface area (TPSA) is 94.4 Å². The van der Waals surface area contributed by atoms with Gasteiger partial charge in [-0.15, -0.1) is 11.3 Å². The summed E-state index contributed by atoms with van der Waals surface area (Å²) in [6.07, 6.45) is 5.06. The van der Waals surface area contributed by atoms with Crippen LogP contribution < -0.4 is 5.32 Å². The van der Waals surface area contributed by atoms with E-state index in [0.29, 0.717) is 36.4 Å². The molecule has 1 N–H and O–H groups in total. The van der Waals surface area contributed by atoms with Crippen LogP contribution in [-0.2, 0) is 4.74 Å². The minimum atomic E-state index is -0.0147. The summed E-state index contributed by atoms with van der Waals surface area (Å²) in [6, 6.07) is 8.24. The molecule has 1 amide bonds. The fourth-order valence-electron chi connectivity index (χ4n) is 4.45. The van der Waals surface area contributed by atoms with Crippen molar-refractivity contribution in [1.82, 2.24) is 19.8 Å². The second-order valence-corrected chi connectivity index (χ2v) is 9.54. The van der Waals surface area contributed by atoms with Gasteiger partial charge in [0.15, 0.2) is 5.13 Å². The molecule has 2 aliphatic heterocycles. The second-order valence-electron chi connectivity index (χ2n) is 8.68. The zero-order valence-corrected chi connectivity index (χ0v) is 20.0. The van der Waals surface area contributed by atoms with E-state index in [0.717, 1.165) is 63.3 Å². The number of piperidine rings is 2. The van der Waals surface area contributed by atoms with Gasteiger partial charge in [0.05, 0.1) is 18.7 Å². The highest BCUT2D eigenvalue weighted by Crippen LogP contribution is 2.28. The smallest absolute Gasteiger partial charge is 0.273 e. The zero-order chi connectivity index (χ0) is 23.0. The molecular weight excluding hydrogens is 436 g/mol. The molecule has 8 nitrogen and oxygen atoms in total. The molecule has 176 valence electrons. The van der Waals surface area contributed by atoms with E-state index in [1.54, 1.807) is 0 Å². The van der Waals surface area contributed by atoms with Crippen molar-refractivity contribution in [3.05, 3.63) is 35.0 Å². The third-order valence-electron chi connectivity index (χ3n) is 6.32. The van der Waals surface area contributed by atoms with Crippen molar-refractivity contribution in [2.24, 2.45) is 0 Å². The van der Waals surface area contributed by atoms with Gasteiger partial charge in [-0.1, -0.05) is 13.0 Å². The summed E-state index contributed by atoms with van der Waals surface area (Å²) in [5.41, 5.74) is 1.55. The molecule has 2 aromatic heterocycles.